The van der Waals surface area contributed by atoms with E-state index in [1.54, 1.807) is 4.90 Å². The molecule has 1 aromatic rings. The van der Waals surface area contributed by atoms with Crippen LogP contribution in [-0.2, 0) is 16.0 Å². The molecule has 1 N–H and O–H groups in total. The second-order valence-corrected chi connectivity index (χ2v) is 4.90. The summed E-state index contributed by atoms with van der Waals surface area (Å²) < 4.78 is 0. The van der Waals surface area contributed by atoms with E-state index in [2.05, 4.69) is 5.32 Å². The summed E-state index contributed by atoms with van der Waals surface area (Å²) >= 11 is 0. The molecule has 0 radical (unpaired) electrons. The van der Waals surface area contributed by atoms with Crippen LogP contribution in [0.5, 0.6) is 0 Å². The molecule has 0 aromatic heterocycles. The molecule has 1 fully saturated rings. The zero-order valence-electron chi connectivity index (χ0n) is 11.3. The van der Waals surface area contributed by atoms with Crippen LogP contribution in [0.2, 0.25) is 0 Å². The van der Waals surface area contributed by atoms with Crippen LogP contribution in [0.1, 0.15) is 25.3 Å². The molecular weight excluding hydrogens is 240 g/mol. The number of carbonyl (C=O) groups excluding carboxylic acids is 2. The molecule has 4 heteroatoms. The Morgan fingerprint density at radius 1 is 1.26 bits per heavy atom. The Balaban J connectivity index is 1.95. The van der Waals surface area contributed by atoms with Crippen LogP contribution < -0.4 is 5.32 Å². The molecule has 1 aliphatic rings. The summed E-state index contributed by atoms with van der Waals surface area (Å²) in [6, 6.07) is 9.69. The minimum absolute atomic E-state index is 0.0499. The van der Waals surface area contributed by atoms with E-state index >= 15 is 0 Å². The molecule has 0 bridgehead atoms. The van der Waals surface area contributed by atoms with Crippen LogP contribution in [0.3, 0.4) is 0 Å². The van der Waals surface area contributed by atoms with Gasteiger partial charge in [0.25, 0.3) is 0 Å². The molecular formula is C15H20N2O2. The third-order valence-corrected chi connectivity index (χ3v) is 3.37. The molecule has 102 valence electrons. The number of amides is 2. The highest BCUT2D eigenvalue weighted by molar-refractivity contribution is 5.94. The average molecular weight is 260 g/mol. The summed E-state index contributed by atoms with van der Waals surface area (Å²) in [4.78, 5) is 25.5. The predicted molar refractivity (Wildman–Crippen MR) is 73.6 cm³/mol. The van der Waals surface area contributed by atoms with Gasteiger partial charge in [0.2, 0.25) is 11.8 Å². The van der Waals surface area contributed by atoms with Crippen molar-refractivity contribution in [3.05, 3.63) is 35.9 Å². The van der Waals surface area contributed by atoms with Crippen molar-refractivity contribution in [2.75, 3.05) is 13.1 Å². The van der Waals surface area contributed by atoms with E-state index in [1.807, 2.05) is 37.3 Å². The topological polar surface area (TPSA) is 49.4 Å². The minimum atomic E-state index is -0.331. The molecule has 1 saturated heterocycles. The van der Waals surface area contributed by atoms with Crippen molar-refractivity contribution in [1.82, 2.24) is 10.2 Å². The number of rotatable bonds is 5. The highest BCUT2D eigenvalue weighted by Crippen LogP contribution is 2.09. The Bertz CT molecular complexity index is 445. The molecule has 0 spiro atoms. The molecule has 1 unspecified atom stereocenters. The first-order chi connectivity index (χ1) is 9.20. The zero-order chi connectivity index (χ0) is 13.7. The molecule has 2 rings (SSSR count). The van der Waals surface area contributed by atoms with Crippen LogP contribution in [0, 0.1) is 0 Å². The molecule has 4 nitrogen and oxygen atoms in total. The molecule has 1 aliphatic heterocycles. The monoisotopic (exact) mass is 260 g/mol. The lowest BCUT2D eigenvalue weighted by Gasteiger charge is -2.32. The van der Waals surface area contributed by atoms with Gasteiger partial charge in [0.05, 0.1) is 6.54 Å². The Morgan fingerprint density at radius 2 is 2.00 bits per heavy atom. The Kier molecular flexibility index (Phi) is 4.55. The van der Waals surface area contributed by atoms with E-state index in [-0.39, 0.29) is 24.4 Å². The van der Waals surface area contributed by atoms with Gasteiger partial charge in [-0.05, 0) is 18.4 Å². The number of hydrogen-bond acceptors (Lipinski definition) is 2. The van der Waals surface area contributed by atoms with Gasteiger partial charge in [0.15, 0.2) is 0 Å². The first-order valence-electron chi connectivity index (χ1n) is 6.82. The van der Waals surface area contributed by atoms with Crippen LogP contribution in [-0.4, -0.2) is 35.8 Å². The minimum Gasteiger partial charge on any atom is -0.343 e. The number of carbonyl (C=O) groups is 2. The molecule has 19 heavy (non-hydrogen) atoms. The maximum Gasteiger partial charge on any atom is 0.245 e. The smallest absolute Gasteiger partial charge is 0.245 e. The maximum atomic E-state index is 12.2. The average Bonchev–Trinajstić information content (AvgIpc) is 2.42. The van der Waals surface area contributed by atoms with E-state index < -0.39 is 0 Å². The van der Waals surface area contributed by atoms with Gasteiger partial charge in [-0.25, -0.2) is 0 Å². The second-order valence-electron chi connectivity index (χ2n) is 4.90. The van der Waals surface area contributed by atoms with Gasteiger partial charge in [-0.3, -0.25) is 9.59 Å². The van der Waals surface area contributed by atoms with Gasteiger partial charge in [0, 0.05) is 6.54 Å². The fraction of sp³-hybridized carbons (Fsp3) is 0.467. The summed E-state index contributed by atoms with van der Waals surface area (Å²) in [5.41, 5.74) is 1.19. The Morgan fingerprint density at radius 3 is 2.68 bits per heavy atom. The van der Waals surface area contributed by atoms with Crippen molar-refractivity contribution < 1.29 is 9.59 Å². The summed E-state index contributed by atoms with van der Waals surface area (Å²) in [6.07, 6.45) is 2.40. The van der Waals surface area contributed by atoms with E-state index in [9.17, 15) is 9.59 Å². The lowest BCUT2D eigenvalue weighted by atomic mass is 10.1. The van der Waals surface area contributed by atoms with Crippen molar-refractivity contribution >= 4 is 11.8 Å². The van der Waals surface area contributed by atoms with Gasteiger partial charge < -0.3 is 10.2 Å². The van der Waals surface area contributed by atoms with Crippen molar-refractivity contribution in [2.45, 2.75) is 32.2 Å². The largest absolute Gasteiger partial charge is 0.343 e. The Hall–Kier alpha value is -1.84. The van der Waals surface area contributed by atoms with E-state index in [0.717, 1.165) is 12.8 Å². The number of piperazine rings is 1. The molecule has 2 amide bonds. The van der Waals surface area contributed by atoms with Gasteiger partial charge in [-0.2, -0.15) is 0 Å². The first kappa shape index (κ1) is 13.6. The van der Waals surface area contributed by atoms with Crippen molar-refractivity contribution in [3.8, 4) is 0 Å². The summed E-state index contributed by atoms with van der Waals surface area (Å²) in [5, 5.41) is 2.77. The predicted octanol–water partition coefficient (Wildman–Crippen LogP) is 1.36. The molecule has 1 atom stereocenters. The van der Waals surface area contributed by atoms with E-state index in [1.165, 1.54) is 5.56 Å². The summed E-state index contributed by atoms with van der Waals surface area (Å²) in [6.45, 7) is 2.81. The van der Waals surface area contributed by atoms with Gasteiger partial charge in [-0.1, -0.05) is 43.7 Å². The lowest BCUT2D eigenvalue weighted by molar-refractivity contribution is -0.144. The van der Waals surface area contributed by atoms with E-state index in [4.69, 9.17) is 0 Å². The number of nitrogens with zero attached hydrogens (tertiary/aromatic N) is 1. The summed E-state index contributed by atoms with van der Waals surface area (Å²) in [7, 11) is 0. The molecule has 0 saturated carbocycles. The third-order valence-electron chi connectivity index (χ3n) is 3.37. The fourth-order valence-corrected chi connectivity index (χ4v) is 2.36. The summed E-state index contributed by atoms with van der Waals surface area (Å²) in [5.74, 6) is 0.00323. The molecule has 0 aliphatic carbocycles. The fourth-order valence-electron chi connectivity index (χ4n) is 2.36. The molecule has 1 heterocycles. The van der Waals surface area contributed by atoms with Crippen LogP contribution in [0.4, 0.5) is 0 Å². The quantitative estimate of drug-likeness (QED) is 0.869. The number of benzene rings is 1. The third kappa shape index (κ3) is 3.56. The van der Waals surface area contributed by atoms with E-state index in [0.29, 0.717) is 13.0 Å². The lowest BCUT2D eigenvalue weighted by Crippen LogP contribution is -2.58. The number of hydrogen-bond donors (Lipinski definition) is 1. The molecule has 1 aromatic carbocycles. The van der Waals surface area contributed by atoms with Crippen LogP contribution >= 0.6 is 0 Å². The standard InChI is InChI=1S/C15H20N2O2/c1-2-6-13-15(19)17(11-14(18)16-13)10-9-12-7-4-3-5-8-12/h3-5,7-8,13H,2,6,9-11H2,1H3,(H,16,18). The SMILES string of the molecule is CCCC1NC(=O)CN(CCc2ccccc2)C1=O. The van der Waals surface area contributed by atoms with Gasteiger partial charge >= 0.3 is 0 Å². The van der Waals surface area contributed by atoms with Crippen molar-refractivity contribution in [3.63, 3.8) is 0 Å². The van der Waals surface area contributed by atoms with Crippen LogP contribution in [0.25, 0.3) is 0 Å². The second kappa shape index (κ2) is 6.36. The highest BCUT2D eigenvalue weighted by Gasteiger charge is 2.31. The normalized spacial score (nSPS) is 19.4. The van der Waals surface area contributed by atoms with Crippen molar-refractivity contribution in [2.24, 2.45) is 0 Å². The number of nitrogens with one attached hydrogen (secondary N) is 1. The first-order valence-corrected chi connectivity index (χ1v) is 6.82. The van der Waals surface area contributed by atoms with Gasteiger partial charge in [0.1, 0.15) is 6.04 Å². The highest BCUT2D eigenvalue weighted by atomic mass is 16.2. The Labute approximate surface area is 113 Å². The van der Waals surface area contributed by atoms with Crippen molar-refractivity contribution in [1.29, 1.82) is 0 Å². The van der Waals surface area contributed by atoms with Gasteiger partial charge in [-0.15, -0.1) is 0 Å². The van der Waals surface area contributed by atoms with Crippen LogP contribution in [0.15, 0.2) is 30.3 Å². The zero-order valence-corrected chi connectivity index (χ0v) is 11.3. The maximum absolute atomic E-state index is 12.2.